The Bertz CT molecular complexity index is 911. The number of imide groups is 1. The number of urea groups is 1. The van der Waals surface area contributed by atoms with E-state index in [1.54, 1.807) is 26.2 Å². The van der Waals surface area contributed by atoms with Crippen LogP contribution in [0, 0.1) is 6.92 Å². The predicted molar refractivity (Wildman–Crippen MR) is 101 cm³/mol. The fourth-order valence-electron chi connectivity index (χ4n) is 3.00. The van der Waals surface area contributed by atoms with Gasteiger partial charge in [-0.1, -0.05) is 12.1 Å². The van der Waals surface area contributed by atoms with Gasteiger partial charge in [-0.3, -0.25) is 14.6 Å². The molecule has 1 aliphatic rings. The minimum atomic E-state index is -0.586. The lowest BCUT2D eigenvalue weighted by Crippen LogP contribution is -2.52. The number of amides is 3. The van der Waals surface area contributed by atoms with Crippen molar-refractivity contribution in [3.05, 3.63) is 53.3 Å². The van der Waals surface area contributed by atoms with Gasteiger partial charge in [0.05, 0.1) is 26.5 Å². The van der Waals surface area contributed by atoms with E-state index in [9.17, 15) is 14.4 Å². The Labute approximate surface area is 162 Å². The summed E-state index contributed by atoms with van der Waals surface area (Å²) in [6.45, 7) is 2.19. The van der Waals surface area contributed by atoms with Crippen LogP contribution >= 0.6 is 0 Å². The average Bonchev–Trinajstić information content (AvgIpc) is 2.72. The SMILES string of the molecule is COC(=O)c1cc(N2CCC(=O)N(Cc3ccc(OC)cc3)C2=O)c(C)cn1. The minimum absolute atomic E-state index is 0.106. The number of pyridine rings is 1. The van der Waals surface area contributed by atoms with E-state index < -0.39 is 12.0 Å². The normalized spacial score (nSPS) is 14.2. The van der Waals surface area contributed by atoms with Crippen molar-refractivity contribution in [2.75, 3.05) is 25.7 Å². The first-order valence-corrected chi connectivity index (χ1v) is 8.74. The molecule has 1 saturated heterocycles. The van der Waals surface area contributed by atoms with E-state index in [0.717, 1.165) is 11.1 Å². The molecule has 8 nitrogen and oxygen atoms in total. The van der Waals surface area contributed by atoms with E-state index >= 15 is 0 Å². The molecule has 0 radical (unpaired) electrons. The van der Waals surface area contributed by atoms with Crippen LogP contribution in [0.5, 0.6) is 5.75 Å². The van der Waals surface area contributed by atoms with E-state index in [1.807, 2.05) is 12.1 Å². The lowest BCUT2D eigenvalue weighted by atomic mass is 10.1. The monoisotopic (exact) mass is 383 g/mol. The second-order valence-electron chi connectivity index (χ2n) is 6.36. The van der Waals surface area contributed by atoms with Crippen molar-refractivity contribution in [3.63, 3.8) is 0 Å². The highest BCUT2D eigenvalue weighted by molar-refractivity contribution is 6.06. The fourth-order valence-corrected chi connectivity index (χ4v) is 3.00. The Balaban J connectivity index is 1.87. The number of rotatable bonds is 5. The molecule has 3 rings (SSSR count). The highest BCUT2D eigenvalue weighted by Crippen LogP contribution is 2.26. The lowest BCUT2D eigenvalue weighted by molar-refractivity contribution is -0.129. The molecule has 8 heteroatoms. The summed E-state index contributed by atoms with van der Waals surface area (Å²) >= 11 is 0. The number of methoxy groups -OCH3 is 2. The maximum atomic E-state index is 13.0. The molecule has 0 atom stereocenters. The first-order chi connectivity index (χ1) is 13.4. The molecule has 0 N–H and O–H groups in total. The third-order valence-electron chi connectivity index (χ3n) is 4.57. The molecule has 28 heavy (non-hydrogen) atoms. The van der Waals surface area contributed by atoms with Crippen molar-refractivity contribution in [2.45, 2.75) is 19.9 Å². The molecule has 2 aromatic rings. The summed E-state index contributed by atoms with van der Waals surface area (Å²) in [5.74, 6) is -0.127. The largest absolute Gasteiger partial charge is 0.497 e. The van der Waals surface area contributed by atoms with E-state index in [2.05, 4.69) is 4.98 Å². The summed E-state index contributed by atoms with van der Waals surface area (Å²) in [6.07, 6.45) is 1.70. The molecule has 0 unspecified atom stereocenters. The zero-order valence-electron chi connectivity index (χ0n) is 16.0. The van der Waals surface area contributed by atoms with Crippen molar-refractivity contribution in [1.82, 2.24) is 9.88 Å². The molecular formula is C20H21N3O5. The lowest BCUT2D eigenvalue weighted by Gasteiger charge is -2.35. The molecule has 2 heterocycles. The third-order valence-corrected chi connectivity index (χ3v) is 4.57. The molecule has 146 valence electrons. The van der Waals surface area contributed by atoms with Gasteiger partial charge < -0.3 is 9.47 Å². The number of carbonyl (C=O) groups is 3. The summed E-state index contributed by atoms with van der Waals surface area (Å²) in [7, 11) is 2.84. The Morgan fingerprint density at radius 1 is 1.18 bits per heavy atom. The van der Waals surface area contributed by atoms with Gasteiger partial charge in [-0.15, -0.1) is 0 Å². The molecule has 0 spiro atoms. The van der Waals surface area contributed by atoms with Gasteiger partial charge in [0.1, 0.15) is 11.4 Å². The minimum Gasteiger partial charge on any atom is -0.497 e. The summed E-state index contributed by atoms with van der Waals surface area (Å²) in [4.78, 5) is 44.0. The number of hydrogen-bond donors (Lipinski definition) is 0. The zero-order chi connectivity index (χ0) is 20.3. The Kier molecular flexibility index (Phi) is 5.58. The number of esters is 1. The van der Waals surface area contributed by atoms with Crippen molar-refractivity contribution < 1.29 is 23.9 Å². The molecule has 0 bridgehead atoms. The van der Waals surface area contributed by atoms with Gasteiger partial charge in [0.15, 0.2) is 0 Å². The topological polar surface area (TPSA) is 89.0 Å². The van der Waals surface area contributed by atoms with Crippen LogP contribution in [-0.4, -0.2) is 48.6 Å². The van der Waals surface area contributed by atoms with E-state index in [1.165, 1.54) is 29.2 Å². The van der Waals surface area contributed by atoms with Crippen LogP contribution in [0.2, 0.25) is 0 Å². The third kappa shape index (κ3) is 3.80. The van der Waals surface area contributed by atoms with Gasteiger partial charge in [0.2, 0.25) is 5.91 Å². The number of nitrogens with zero attached hydrogens (tertiary/aromatic N) is 3. The molecule has 1 aromatic heterocycles. The van der Waals surface area contributed by atoms with E-state index in [4.69, 9.17) is 9.47 Å². The number of anilines is 1. The van der Waals surface area contributed by atoms with Crippen LogP contribution < -0.4 is 9.64 Å². The van der Waals surface area contributed by atoms with Gasteiger partial charge in [-0.2, -0.15) is 0 Å². The van der Waals surface area contributed by atoms with Gasteiger partial charge in [0, 0.05) is 19.2 Å². The zero-order valence-corrected chi connectivity index (χ0v) is 16.0. The number of carbonyl (C=O) groups excluding carboxylic acids is 3. The summed E-state index contributed by atoms with van der Waals surface area (Å²) in [5, 5.41) is 0. The maximum absolute atomic E-state index is 13.0. The van der Waals surface area contributed by atoms with Gasteiger partial charge in [0.25, 0.3) is 0 Å². The van der Waals surface area contributed by atoms with Crippen LogP contribution in [0.3, 0.4) is 0 Å². The molecule has 1 fully saturated rings. The van der Waals surface area contributed by atoms with Crippen molar-refractivity contribution in [2.24, 2.45) is 0 Å². The Morgan fingerprint density at radius 3 is 2.54 bits per heavy atom. The fraction of sp³-hybridized carbons (Fsp3) is 0.300. The molecular weight excluding hydrogens is 362 g/mol. The van der Waals surface area contributed by atoms with Crippen molar-refractivity contribution in [3.8, 4) is 5.75 Å². The van der Waals surface area contributed by atoms with E-state index in [-0.39, 0.29) is 31.1 Å². The number of aromatic nitrogens is 1. The van der Waals surface area contributed by atoms with Crippen molar-refractivity contribution in [1.29, 1.82) is 0 Å². The Morgan fingerprint density at radius 2 is 1.89 bits per heavy atom. The highest BCUT2D eigenvalue weighted by atomic mass is 16.5. The molecule has 0 saturated carbocycles. The van der Waals surface area contributed by atoms with Crippen LogP contribution in [0.15, 0.2) is 36.5 Å². The molecule has 1 aromatic carbocycles. The molecule has 0 aliphatic carbocycles. The highest BCUT2D eigenvalue weighted by Gasteiger charge is 2.34. The van der Waals surface area contributed by atoms with Crippen LogP contribution in [0.4, 0.5) is 10.5 Å². The quantitative estimate of drug-likeness (QED) is 0.737. The summed E-state index contributed by atoms with van der Waals surface area (Å²) < 4.78 is 9.83. The Hall–Kier alpha value is -3.42. The number of benzene rings is 1. The number of aryl methyl sites for hydroxylation is 1. The first kappa shape index (κ1) is 19.3. The van der Waals surface area contributed by atoms with E-state index in [0.29, 0.717) is 11.4 Å². The van der Waals surface area contributed by atoms with Gasteiger partial charge in [-0.25, -0.2) is 14.6 Å². The maximum Gasteiger partial charge on any atom is 0.356 e. The molecule has 3 amide bonds. The number of ether oxygens (including phenoxy) is 2. The van der Waals surface area contributed by atoms with Crippen LogP contribution in [0.1, 0.15) is 28.0 Å². The second kappa shape index (κ2) is 8.08. The smallest absolute Gasteiger partial charge is 0.356 e. The first-order valence-electron chi connectivity index (χ1n) is 8.74. The van der Waals surface area contributed by atoms with Gasteiger partial charge >= 0.3 is 12.0 Å². The summed E-state index contributed by atoms with van der Waals surface area (Å²) in [6, 6.07) is 8.26. The standard InChI is InChI=1S/C20H21N3O5/c1-13-11-21-16(19(25)28-3)10-17(13)22-9-8-18(24)23(20(22)26)12-14-4-6-15(27-2)7-5-14/h4-7,10-11H,8-9,12H2,1-3H3. The average molecular weight is 383 g/mol. The second-order valence-corrected chi connectivity index (χ2v) is 6.36. The van der Waals surface area contributed by atoms with Crippen molar-refractivity contribution >= 4 is 23.6 Å². The number of hydrogen-bond acceptors (Lipinski definition) is 6. The van der Waals surface area contributed by atoms with Crippen LogP contribution in [-0.2, 0) is 16.1 Å². The predicted octanol–water partition coefficient (Wildman–Crippen LogP) is 2.54. The van der Waals surface area contributed by atoms with Gasteiger partial charge in [-0.05, 0) is 36.2 Å². The summed E-state index contributed by atoms with van der Waals surface area (Å²) in [5.41, 5.74) is 2.17. The van der Waals surface area contributed by atoms with Crippen LogP contribution in [0.25, 0.3) is 0 Å². The molecule has 1 aliphatic heterocycles.